The van der Waals surface area contributed by atoms with Gasteiger partial charge in [-0.05, 0) is 59.7 Å². The number of aryl methyl sites for hydroxylation is 2. The second-order valence-corrected chi connectivity index (χ2v) is 5.67. The van der Waals surface area contributed by atoms with E-state index < -0.39 is 0 Å². The van der Waals surface area contributed by atoms with Crippen molar-refractivity contribution in [2.75, 3.05) is 0 Å². The van der Waals surface area contributed by atoms with Gasteiger partial charge >= 0.3 is 0 Å². The molecule has 0 radical (unpaired) electrons. The molecule has 0 saturated heterocycles. The minimum Gasteiger partial charge on any atom is -0.256 e. The van der Waals surface area contributed by atoms with Crippen LogP contribution >= 0.6 is 0 Å². The summed E-state index contributed by atoms with van der Waals surface area (Å²) in [7, 11) is 0. The molecule has 0 N–H and O–H groups in total. The molecule has 0 aliphatic carbocycles. The van der Waals surface area contributed by atoms with Gasteiger partial charge in [0.25, 0.3) is 0 Å². The van der Waals surface area contributed by atoms with Crippen LogP contribution < -0.4 is 0 Å². The molecule has 0 fully saturated rings. The van der Waals surface area contributed by atoms with Crippen LogP contribution in [0.2, 0.25) is 0 Å². The molecule has 112 valence electrons. The minimum absolute atomic E-state index is 0.708. The van der Waals surface area contributed by atoms with E-state index in [1.807, 2.05) is 24.4 Å². The molecular weight excluding hydrogens is 286 g/mol. The normalized spacial score (nSPS) is 11.7. The molecule has 0 aliphatic rings. The van der Waals surface area contributed by atoms with E-state index in [-0.39, 0.29) is 0 Å². The first-order valence-corrected chi connectivity index (χ1v) is 7.43. The van der Waals surface area contributed by atoms with Gasteiger partial charge in [0.05, 0.1) is 11.2 Å². The fourth-order valence-corrected chi connectivity index (χ4v) is 2.67. The Morgan fingerprint density at radius 1 is 1.00 bits per heavy atom. The highest BCUT2D eigenvalue weighted by molar-refractivity contribution is 5.95. The van der Waals surface area contributed by atoms with E-state index in [2.05, 4.69) is 64.7 Å². The molecule has 0 unspecified atom stereocenters. The van der Waals surface area contributed by atoms with Crippen LogP contribution in [0.15, 0.2) is 53.5 Å². The zero-order valence-corrected chi connectivity index (χ0v) is 12.9. The molecule has 2 heterocycles. The Morgan fingerprint density at radius 3 is 2.74 bits per heavy atom. The highest BCUT2D eigenvalue weighted by Gasteiger charge is 2.08. The van der Waals surface area contributed by atoms with Crippen LogP contribution in [-0.2, 0) is 0 Å². The highest BCUT2D eigenvalue weighted by atomic mass is 15.5. The number of hydrogen-bond acceptors (Lipinski definition) is 4. The van der Waals surface area contributed by atoms with E-state index in [1.165, 1.54) is 11.1 Å². The monoisotopic (exact) mass is 301 g/mol. The number of nitrogens with zero attached hydrogens (tertiary/aromatic N) is 5. The van der Waals surface area contributed by atoms with Gasteiger partial charge in [-0.15, -0.1) is 5.10 Å². The van der Waals surface area contributed by atoms with Crippen molar-refractivity contribution in [3.05, 3.63) is 65.2 Å². The van der Waals surface area contributed by atoms with E-state index in [1.54, 1.807) is 4.52 Å². The third kappa shape index (κ3) is 2.46. The predicted molar refractivity (Wildman–Crippen MR) is 91.5 cm³/mol. The van der Waals surface area contributed by atoms with Gasteiger partial charge in [0.1, 0.15) is 0 Å². The molecule has 23 heavy (non-hydrogen) atoms. The van der Waals surface area contributed by atoms with Crippen molar-refractivity contribution in [3.8, 4) is 0 Å². The number of pyridine rings is 1. The number of rotatable bonds is 2. The smallest absolute Gasteiger partial charge is 0.188 e. The molecule has 0 bridgehead atoms. The summed E-state index contributed by atoms with van der Waals surface area (Å²) in [6.45, 7) is 4.11. The van der Waals surface area contributed by atoms with Crippen LogP contribution in [0.4, 0.5) is 5.69 Å². The summed E-state index contributed by atoms with van der Waals surface area (Å²) >= 11 is 0. The SMILES string of the molecule is Cc1cccc(N=Cc2cc3ccc(C)cc3n3nnnc23)c1. The molecule has 5 nitrogen and oxygen atoms in total. The third-order valence-corrected chi connectivity index (χ3v) is 3.81. The van der Waals surface area contributed by atoms with Gasteiger partial charge < -0.3 is 0 Å². The first-order valence-electron chi connectivity index (χ1n) is 7.43. The molecular formula is C18H15N5. The summed E-state index contributed by atoms with van der Waals surface area (Å²) in [4.78, 5) is 4.56. The van der Waals surface area contributed by atoms with E-state index in [9.17, 15) is 0 Å². The van der Waals surface area contributed by atoms with Gasteiger partial charge in [-0.1, -0.05) is 24.3 Å². The summed E-state index contributed by atoms with van der Waals surface area (Å²) in [6.07, 6.45) is 1.82. The zero-order valence-electron chi connectivity index (χ0n) is 12.9. The molecule has 4 aromatic rings. The quantitative estimate of drug-likeness (QED) is 0.531. The molecule has 0 atom stereocenters. The average Bonchev–Trinajstić information content (AvgIpc) is 3.03. The molecule has 0 saturated carbocycles. The maximum Gasteiger partial charge on any atom is 0.188 e. The second-order valence-electron chi connectivity index (χ2n) is 5.67. The maximum atomic E-state index is 4.56. The molecule has 0 aliphatic heterocycles. The van der Waals surface area contributed by atoms with Crippen molar-refractivity contribution in [2.45, 2.75) is 13.8 Å². The number of tetrazole rings is 1. The first kappa shape index (κ1) is 13.6. The van der Waals surface area contributed by atoms with E-state index >= 15 is 0 Å². The van der Waals surface area contributed by atoms with Crippen molar-refractivity contribution < 1.29 is 0 Å². The minimum atomic E-state index is 0.708. The van der Waals surface area contributed by atoms with Gasteiger partial charge in [-0.2, -0.15) is 4.52 Å². The van der Waals surface area contributed by atoms with E-state index in [0.717, 1.165) is 22.2 Å². The summed E-state index contributed by atoms with van der Waals surface area (Å²) in [6, 6.07) is 16.4. The van der Waals surface area contributed by atoms with E-state index in [4.69, 9.17) is 0 Å². The standard InChI is InChI=1S/C18H15N5/c1-12-4-3-5-16(8-12)19-11-15-10-14-7-6-13(2)9-17(14)23-18(15)20-21-22-23/h3-11H,1-2H3. The lowest BCUT2D eigenvalue weighted by atomic mass is 10.1. The number of fused-ring (bicyclic) bond motifs is 3. The Morgan fingerprint density at radius 2 is 1.87 bits per heavy atom. The van der Waals surface area contributed by atoms with Crippen LogP contribution in [0.3, 0.4) is 0 Å². The van der Waals surface area contributed by atoms with Crippen LogP contribution in [0.1, 0.15) is 16.7 Å². The molecule has 0 spiro atoms. The summed E-state index contributed by atoms with van der Waals surface area (Å²) in [5.74, 6) is 0. The Labute approximate surface area is 133 Å². The number of hydrogen-bond donors (Lipinski definition) is 0. The summed E-state index contributed by atoms with van der Waals surface area (Å²) < 4.78 is 1.76. The fraction of sp³-hybridized carbons (Fsp3) is 0.111. The lowest BCUT2D eigenvalue weighted by Crippen LogP contribution is -1.96. The van der Waals surface area contributed by atoms with Crippen molar-refractivity contribution >= 4 is 28.5 Å². The molecule has 0 amide bonds. The van der Waals surface area contributed by atoms with Crippen molar-refractivity contribution in [1.29, 1.82) is 0 Å². The van der Waals surface area contributed by atoms with Crippen LogP contribution in [0.5, 0.6) is 0 Å². The lowest BCUT2D eigenvalue weighted by Gasteiger charge is -2.04. The largest absolute Gasteiger partial charge is 0.256 e. The lowest BCUT2D eigenvalue weighted by molar-refractivity contribution is 0.841. The van der Waals surface area contributed by atoms with Crippen LogP contribution in [-0.4, -0.2) is 26.3 Å². The van der Waals surface area contributed by atoms with Crippen LogP contribution in [0, 0.1) is 13.8 Å². The third-order valence-electron chi connectivity index (χ3n) is 3.81. The van der Waals surface area contributed by atoms with Crippen molar-refractivity contribution in [2.24, 2.45) is 4.99 Å². The van der Waals surface area contributed by atoms with Gasteiger partial charge in [-0.3, -0.25) is 4.99 Å². The first-order chi connectivity index (χ1) is 11.2. The summed E-state index contributed by atoms with van der Waals surface area (Å²) in [5, 5.41) is 13.1. The fourth-order valence-electron chi connectivity index (χ4n) is 2.67. The molecule has 2 aromatic heterocycles. The maximum absolute atomic E-state index is 4.56. The number of aliphatic imine (C=N–C) groups is 1. The van der Waals surface area contributed by atoms with Gasteiger partial charge in [0.15, 0.2) is 5.65 Å². The predicted octanol–water partition coefficient (Wildman–Crippen LogP) is 3.64. The van der Waals surface area contributed by atoms with E-state index in [0.29, 0.717) is 5.65 Å². The van der Waals surface area contributed by atoms with Crippen LogP contribution in [0.25, 0.3) is 16.6 Å². The Bertz CT molecular complexity index is 1050. The topological polar surface area (TPSA) is 55.4 Å². The molecule has 2 aromatic carbocycles. The number of benzene rings is 2. The molecule has 4 rings (SSSR count). The highest BCUT2D eigenvalue weighted by Crippen LogP contribution is 2.20. The van der Waals surface area contributed by atoms with Gasteiger partial charge in [0.2, 0.25) is 0 Å². The molecule has 5 heteroatoms. The van der Waals surface area contributed by atoms with Crippen molar-refractivity contribution in [3.63, 3.8) is 0 Å². The average molecular weight is 301 g/mol. The van der Waals surface area contributed by atoms with Gasteiger partial charge in [-0.25, -0.2) is 0 Å². The number of aromatic nitrogens is 4. The van der Waals surface area contributed by atoms with Crippen molar-refractivity contribution in [1.82, 2.24) is 20.0 Å². The Balaban J connectivity index is 1.89. The Hall–Kier alpha value is -3.08. The second kappa shape index (κ2) is 5.28. The van der Waals surface area contributed by atoms with Gasteiger partial charge in [0, 0.05) is 17.2 Å². The summed E-state index contributed by atoms with van der Waals surface area (Å²) in [5.41, 5.74) is 5.88. The zero-order chi connectivity index (χ0) is 15.8. The Kier molecular flexibility index (Phi) is 3.12.